The molecule has 1 heteroatoms. The predicted molar refractivity (Wildman–Crippen MR) is 87.0 cm³/mol. The topological polar surface area (TPSA) is 0 Å². The van der Waals surface area contributed by atoms with Gasteiger partial charge in [0.2, 0.25) is 0 Å². The molecule has 1 aliphatic rings. The fourth-order valence-electron chi connectivity index (χ4n) is 3.21. The highest BCUT2D eigenvalue weighted by molar-refractivity contribution is 9.10. The van der Waals surface area contributed by atoms with Crippen molar-refractivity contribution in [3.8, 4) is 11.1 Å². The average Bonchev–Trinajstić information content (AvgIpc) is 2.84. The van der Waals surface area contributed by atoms with Gasteiger partial charge in [0.25, 0.3) is 0 Å². The van der Waals surface area contributed by atoms with Gasteiger partial charge in [-0.25, -0.2) is 0 Å². The molecule has 0 saturated carbocycles. The Kier molecular flexibility index (Phi) is 2.75. The Labute approximate surface area is 127 Å². The lowest BCUT2D eigenvalue weighted by molar-refractivity contribution is 1.01. The SMILES string of the molecule is Brc1cccc2c1-c1ccccc1C2c1ccccc1. The first-order valence-corrected chi connectivity index (χ1v) is 7.58. The Morgan fingerprint density at radius 1 is 0.650 bits per heavy atom. The third-order valence-corrected chi connectivity index (χ3v) is 4.69. The second-order valence-corrected chi connectivity index (χ2v) is 5.99. The van der Waals surface area contributed by atoms with Crippen LogP contribution in [-0.2, 0) is 0 Å². The molecule has 0 spiro atoms. The molecule has 0 heterocycles. The molecule has 0 N–H and O–H groups in total. The second-order valence-electron chi connectivity index (χ2n) is 5.14. The van der Waals surface area contributed by atoms with Gasteiger partial charge in [-0.05, 0) is 28.3 Å². The Morgan fingerprint density at radius 2 is 1.35 bits per heavy atom. The Balaban J connectivity index is 2.05. The van der Waals surface area contributed by atoms with Crippen LogP contribution in [0.5, 0.6) is 0 Å². The number of fused-ring (bicyclic) bond motifs is 3. The molecule has 96 valence electrons. The zero-order chi connectivity index (χ0) is 13.5. The normalized spacial score (nSPS) is 15.8. The van der Waals surface area contributed by atoms with Crippen molar-refractivity contribution >= 4 is 15.9 Å². The van der Waals surface area contributed by atoms with Crippen molar-refractivity contribution < 1.29 is 0 Å². The monoisotopic (exact) mass is 320 g/mol. The molecule has 1 atom stereocenters. The van der Waals surface area contributed by atoms with E-state index in [9.17, 15) is 0 Å². The minimum Gasteiger partial charge on any atom is -0.0622 e. The van der Waals surface area contributed by atoms with Crippen LogP contribution in [0.1, 0.15) is 22.6 Å². The van der Waals surface area contributed by atoms with E-state index < -0.39 is 0 Å². The molecule has 20 heavy (non-hydrogen) atoms. The van der Waals surface area contributed by atoms with Gasteiger partial charge in [0, 0.05) is 16.0 Å². The summed E-state index contributed by atoms with van der Waals surface area (Å²) in [6.07, 6.45) is 0. The summed E-state index contributed by atoms with van der Waals surface area (Å²) in [5.74, 6) is 0.347. The lowest BCUT2D eigenvalue weighted by Gasteiger charge is -2.14. The highest BCUT2D eigenvalue weighted by Gasteiger charge is 2.30. The molecule has 1 unspecified atom stereocenters. The van der Waals surface area contributed by atoms with Crippen LogP contribution in [0.2, 0.25) is 0 Å². The summed E-state index contributed by atoms with van der Waals surface area (Å²) >= 11 is 3.72. The maximum absolute atomic E-state index is 3.72. The van der Waals surface area contributed by atoms with Crippen LogP contribution < -0.4 is 0 Å². The van der Waals surface area contributed by atoms with Gasteiger partial charge in [-0.15, -0.1) is 0 Å². The maximum Gasteiger partial charge on any atom is 0.0352 e. The molecule has 4 rings (SSSR count). The van der Waals surface area contributed by atoms with Crippen LogP contribution in [0.25, 0.3) is 11.1 Å². The van der Waals surface area contributed by atoms with Crippen molar-refractivity contribution in [1.82, 2.24) is 0 Å². The van der Waals surface area contributed by atoms with Gasteiger partial charge in [-0.2, -0.15) is 0 Å². The van der Waals surface area contributed by atoms with Gasteiger partial charge in [0.1, 0.15) is 0 Å². The molecule has 1 aliphatic carbocycles. The fourth-order valence-corrected chi connectivity index (χ4v) is 3.81. The number of halogens is 1. The van der Waals surface area contributed by atoms with Gasteiger partial charge in [-0.3, -0.25) is 0 Å². The largest absolute Gasteiger partial charge is 0.0622 e. The first-order valence-electron chi connectivity index (χ1n) is 6.79. The number of rotatable bonds is 1. The van der Waals surface area contributed by atoms with E-state index in [2.05, 4.69) is 88.7 Å². The lowest BCUT2D eigenvalue weighted by atomic mass is 9.89. The minimum atomic E-state index is 0.347. The summed E-state index contributed by atoms with van der Waals surface area (Å²) < 4.78 is 1.18. The highest BCUT2D eigenvalue weighted by atomic mass is 79.9. The fraction of sp³-hybridized carbons (Fsp3) is 0.0526. The molecule has 0 bridgehead atoms. The number of hydrogen-bond donors (Lipinski definition) is 0. The standard InChI is InChI=1S/C19H13Br/c20-17-12-6-11-16-18(13-7-2-1-3-8-13)14-9-4-5-10-15(14)19(16)17/h1-12,18H. The molecule has 3 aromatic carbocycles. The van der Waals surface area contributed by atoms with Crippen molar-refractivity contribution in [1.29, 1.82) is 0 Å². The molecule has 0 aromatic heterocycles. The molecule has 0 saturated heterocycles. The third-order valence-electron chi connectivity index (χ3n) is 4.03. The van der Waals surface area contributed by atoms with Crippen LogP contribution in [0.3, 0.4) is 0 Å². The summed E-state index contributed by atoms with van der Waals surface area (Å²) in [6.45, 7) is 0. The predicted octanol–water partition coefficient (Wildman–Crippen LogP) is 5.61. The first-order chi connectivity index (χ1) is 9.86. The van der Waals surface area contributed by atoms with Crippen molar-refractivity contribution in [2.24, 2.45) is 0 Å². The van der Waals surface area contributed by atoms with Crippen molar-refractivity contribution in [3.63, 3.8) is 0 Å². The van der Waals surface area contributed by atoms with E-state index in [0.717, 1.165) is 0 Å². The lowest BCUT2D eigenvalue weighted by Crippen LogP contribution is -1.98. The van der Waals surface area contributed by atoms with E-state index in [0.29, 0.717) is 5.92 Å². The van der Waals surface area contributed by atoms with Crippen LogP contribution in [-0.4, -0.2) is 0 Å². The Morgan fingerprint density at radius 3 is 2.20 bits per heavy atom. The summed E-state index contributed by atoms with van der Waals surface area (Å²) in [5.41, 5.74) is 6.85. The highest BCUT2D eigenvalue weighted by Crippen LogP contribution is 2.50. The average molecular weight is 321 g/mol. The second kappa shape index (κ2) is 4.60. The molecule has 0 fully saturated rings. The Hall–Kier alpha value is -1.86. The van der Waals surface area contributed by atoms with Crippen molar-refractivity contribution in [3.05, 3.63) is 94.0 Å². The van der Waals surface area contributed by atoms with Gasteiger partial charge in [0.15, 0.2) is 0 Å². The number of benzene rings is 3. The van der Waals surface area contributed by atoms with Crippen LogP contribution in [0, 0.1) is 0 Å². The summed E-state index contributed by atoms with van der Waals surface area (Å²) in [4.78, 5) is 0. The molecular weight excluding hydrogens is 308 g/mol. The molecule has 0 radical (unpaired) electrons. The van der Waals surface area contributed by atoms with Crippen LogP contribution >= 0.6 is 15.9 Å². The van der Waals surface area contributed by atoms with E-state index in [1.165, 1.54) is 32.3 Å². The van der Waals surface area contributed by atoms with Crippen molar-refractivity contribution in [2.45, 2.75) is 5.92 Å². The van der Waals surface area contributed by atoms with E-state index in [1.54, 1.807) is 0 Å². The zero-order valence-electron chi connectivity index (χ0n) is 10.9. The van der Waals surface area contributed by atoms with Crippen molar-refractivity contribution in [2.75, 3.05) is 0 Å². The molecular formula is C19H13Br. The smallest absolute Gasteiger partial charge is 0.0352 e. The van der Waals surface area contributed by atoms with Gasteiger partial charge < -0.3 is 0 Å². The van der Waals surface area contributed by atoms with Crippen LogP contribution in [0.15, 0.2) is 77.3 Å². The maximum atomic E-state index is 3.72. The Bertz CT molecular complexity index is 775. The molecule has 0 aliphatic heterocycles. The van der Waals surface area contributed by atoms with E-state index in [4.69, 9.17) is 0 Å². The third kappa shape index (κ3) is 1.66. The number of hydrogen-bond acceptors (Lipinski definition) is 0. The van der Waals surface area contributed by atoms with E-state index in [-0.39, 0.29) is 0 Å². The van der Waals surface area contributed by atoms with Gasteiger partial charge in [0.05, 0.1) is 0 Å². The molecule has 0 nitrogen and oxygen atoms in total. The zero-order valence-corrected chi connectivity index (χ0v) is 12.5. The summed E-state index contributed by atoms with van der Waals surface area (Å²) in [6, 6.07) is 26.0. The van der Waals surface area contributed by atoms with E-state index in [1.807, 2.05) is 0 Å². The molecule has 0 amide bonds. The summed E-state index contributed by atoms with van der Waals surface area (Å²) in [5, 5.41) is 0. The minimum absolute atomic E-state index is 0.347. The summed E-state index contributed by atoms with van der Waals surface area (Å²) in [7, 11) is 0. The first kappa shape index (κ1) is 11.9. The van der Waals surface area contributed by atoms with Crippen LogP contribution in [0.4, 0.5) is 0 Å². The van der Waals surface area contributed by atoms with Gasteiger partial charge >= 0.3 is 0 Å². The molecule has 3 aromatic rings. The van der Waals surface area contributed by atoms with E-state index >= 15 is 0 Å². The quantitative estimate of drug-likeness (QED) is 0.427. The van der Waals surface area contributed by atoms with Gasteiger partial charge in [-0.1, -0.05) is 82.7 Å².